The van der Waals surface area contributed by atoms with Gasteiger partial charge in [0.25, 0.3) is 5.69 Å². The lowest BCUT2D eigenvalue weighted by molar-refractivity contribution is -0.384. The van der Waals surface area contributed by atoms with Crippen LogP contribution in [0.15, 0.2) is 53.0 Å². The summed E-state index contributed by atoms with van der Waals surface area (Å²) >= 11 is 8.45. The van der Waals surface area contributed by atoms with Gasteiger partial charge in [0.05, 0.1) is 16.5 Å². The van der Waals surface area contributed by atoms with E-state index in [9.17, 15) is 14.9 Å². The molecule has 0 atom stereocenters. The van der Waals surface area contributed by atoms with Gasteiger partial charge in [0.15, 0.2) is 5.11 Å². The number of halogens is 1. The van der Waals surface area contributed by atoms with Gasteiger partial charge in [0.2, 0.25) is 5.91 Å². The fourth-order valence-electron chi connectivity index (χ4n) is 1.97. The lowest BCUT2D eigenvalue weighted by Crippen LogP contribution is -2.32. The van der Waals surface area contributed by atoms with E-state index >= 15 is 0 Å². The van der Waals surface area contributed by atoms with Gasteiger partial charge in [0, 0.05) is 23.9 Å². The zero-order chi connectivity index (χ0) is 19.1. The van der Waals surface area contributed by atoms with Crippen LogP contribution in [0.3, 0.4) is 0 Å². The fourth-order valence-corrected chi connectivity index (χ4v) is 2.73. The van der Waals surface area contributed by atoms with Crippen molar-refractivity contribution in [2.75, 3.05) is 12.4 Å². The van der Waals surface area contributed by atoms with Crippen molar-refractivity contribution in [3.8, 4) is 5.75 Å². The summed E-state index contributed by atoms with van der Waals surface area (Å²) in [6.07, 6.45) is 2.71. The van der Waals surface area contributed by atoms with Crippen LogP contribution >= 0.6 is 28.1 Å². The Balaban J connectivity index is 1.94. The third kappa shape index (κ3) is 5.64. The minimum absolute atomic E-state index is 0.0465. The Morgan fingerprint density at radius 3 is 2.73 bits per heavy atom. The number of anilines is 1. The number of carbonyl (C=O) groups is 1. The quantitative estimate of drug-likeness (QED) is 0.320. The number of ether oxygens (including phenoxy) is 1. The van der Waals surface area contributed by atoms with Crippen molar-refractivity contribution in [3.63, 3.8) is 0 Å². The van der Waals surface area contributed by atoms with Gasteiger partial charge in [-0.15, -0.1) is 0 Å². The zero-order valence-electron chi connectivity index (χ0n) is 13.6. The number of methoxy groups -OCH3 is 1. The third-order valence-electron chi connectivity index (χ3n) is 3.15. The van der Waals surface area contributed by atoms with Crippen molar-refractivity contribution in [1.29, 1.82) is 0 Å². The Hall–Kier alpha value is -2.78. The molecule has 7 nitrogen and oxygen atoms in total. The highest BCUT2D eigenvalue weighted by Crippen LogP contribution is 2.27. The number of non-ortho nitro benzene ring substituents is 1. The summed E-state index contributed by atoms with van der Waals surface area (Å²) in [5.41, 5.74) is 1.16. The molecule has 0 spiro atoms. The Bertz CT molecular complexity index is 886. The molecular formula is C17H14BrN3O4S. The third-order valence-corrected chi connectivity index (χ3v) is 3.98. The molecule has 0 saturated carbocycles. The van der Waals surface area contributed by atoms with E-state index in [0.29, 0.717) is 17.0 Å². The smallest absolute Gasteiger partial charge is 0.270 e. The number of hydrogen-bond donors (Lipinski definition) is 2. The van der Waals surface area contributed by atoms with Crippen LogP contribution in [0, 0.1) is 10.1 Å². The van der Waals surface area contributed by atoms with E-state index in [-0.39, 0.29) is 10.8 Å². The average Bonchev–Trinajstić information content (AvgIpc) is 2.60. The number of nitrogens with one attached hydrogen (secondary N) is 2. The molecule has 26 heavy (non-hydrogen) atoms. The Labute approximate surface area is 163 Å². The van der Waals surface area contributed by atoms with Crippen molar-refractivity contribution in [2.45, 2.75) is 0 Å². The SMILES string of the molecule is COc1ccc(NC(=S)NC(=O)/C=C/c2cccc([N+](=O)[O-])c2)cc1Br. The first-order valence-corrected chi connectivity index (χ1v) is 8.47. The van der Waals surface area contributed by atoms with E-state index in [1.165, 1.54) is 24.3 Å². The molecule has 2 rings (SSSR count). The average molecular weight is 436 g/mol. The lowest BCUT2D eigenvalue weighted by atomic mass is 10.2. The summed E-state index contributed by atoms with van der Waals surface area (Å²) in [7, 11) is 1.56. The van der Waals surface area contributed by atoms with Crippen LogP contribution in [0.2, 0.25) is 0 Å². The van der Waals surface area contributed by atoms with Gasteiger partial charge >= 0.3 is 0 Å². The van der Waals surface area contributed by atoms with Crippen molar-refractivity contribution in [3.05, 3.63) is 68.7 Å². The van der Waals surface area contributed by atoms with Crippen molar-refractivity contribution >= 4 is 56.6 Å². The van der Waals surface area contributed by atoms with Crippen LogP contribution in [-0.4, -0.2) is 23.1 Å². The Kier molecular flexibility index (Phi) is 6.81. The van der Waals surface area contributed by atoms with Gasteiger partial charge in [-0.25, -0.2) is 0 Å². The summed E-state index contributed by atoms with van der Waals surface area (Å²) in [6, 6.07) is 11.2. The van der Waals surface area contributed by atoms with E-state index in [0.717, 1.165) is 4.47 Å². The Morgan fingerprint density at radius 2 is 2.08 bits per heavy atom. The van der Waals surface area contributed by atoms with Gasteiger partial charge in [-0.2, -0.15) is 0 Å². The maximum atomic E-state index is 11.9. The maximum Gasteiger partial charge on any atom is 0.270 e. The second-order valence-electron chi connectivity index (χ2n) is 4.98. The molecule has 134 valence electrons. The molecular weight excluding hydrogens is 422 g/mol. The molecule has 1 amide bonds. The summed E-state index contributed by atoms with van der Waals surface area (Å²) in [6.45, 7) is 0. The Morgan fingerprint density at radius 1 is 1.31 bits per heavy atom. The molecule has 0 fully saturated rings. The van der Waals surface area contributed by atoms with Gasteiger partial charge in [-0.1, -0.05) is 12.1 Å². The monoisotopic (exact) mass is 435 g/mol. The number of hydrogen-bond acceptors (Lipinski definition) is 5. The van der Waals surface area contributed by atoms with Gasteiger partial charge < -0.3 is 10.1 Å². The number of nitro groups is 1. The van der Waals surface area contributed by atoms with E-state index in [1.54, 1.807) is 37.4 Å². The van der Waals surface area contributed by atoms with Gasteiger partial charge in [-0.05, 0) is 58.0 Å². The highest BCUT2D eigenvalue weighted by atomic mass is 79.9. The molecule has 0 heterocycles. The van der Waals surface area contributed by atoms with E-state index in [1.807, 2.05) is 0 Å². The van der Waals surface area contributed by atoms with Crippen LogP contribution < -0.4 is 15.4 Å². The second kappa shape index (κ2) is 9.07. The molecule has 2 N–H and O–H groups in total. The van der Waals surface area contributed by atoms with E-state index in [2.05, 4.69) is 26.6 Å². The topological polar surface area (TPSA) is 93.5 Å². The highest BCUT2D eigenvalue weighted by molar-refractivity contribution is 9.10. The number of nitro benzene ring substituents is 1. The first kappa shape index (κ1) is 19.5. The minimum atomic E-state index is -0.497. The first-order chi connectivity index (χ1) is 12.4. The van der Waals surface area contributed by atoms with Crippen LogP contribution in [0.4, 0.5) is 11.4 Å². The molecule has 0 bridgehead atoms. The molecule has 0 aliphatic carbocycles. The van der Waals surface area contributed by atoms with E-state index in [4.69, 9.17) is 17.0 Å². The van der Waals surface area contributed by atoms with Crippen LogP contribution in [0.25, 0.3) is 6.08 Å². The first-order valence-electron chi connectivity index (χ1n) is 7.27. The number of carbonyl (C=O) groups excluding carboxylic acids is 1. The molecule has 0 aromatic heterocycles. The number of nitrogens with zero attached hydrogens (tertiary/aromatic N) is 1. The molecule has 0 radical (unpaired) electrons. The van der Waals surface area contributed by atoms with Crippen molar-refractivity contribution < 1.29 is 14.5 Å². The summed E-state index contributed by atoms with van der Waals surface area (Å²) in [5.74, 6) is 0.215. The summed E-state index contributed by atoms with van der Waals surface area (Å²) < 4.78 is 5.88. The van der Waals surface area contributed by atoms with E-state index < -0.39 is 10.8 Å². The van der Waals surface area contributed by atoms with Crippen LogP contribution in [-0.2, 0) is 4.79 Å². The minimum Gasteiger partial charge on any atom is -0.496 e. The zero-order valence-corrected chi connectivity index (χ0v) is 16.0. The number of benzene rings is 2. The van der Waals surface area contributed by atoms with Crippen molar-refractivity contribution in [2.24, 2.45) is 0 Å². The predicted octanol–water partition coefficient (Wildman–Crippen LogP) is 3.89. The summed E-state index contributed by atoms with van der Waals surface area (Å²) in [4.78, 5) is 22.2. The van der Waals surface area contributed by atoms with Crippen LogP contribution in [0.1, 0.15) is 5.56 Å². The largest absolute Gasteiger partial charge is 0.496 e. The fraction of sp³-hybridized carbons (Fsp3) is 0.0588. The standard InChI is InChI=1S/C17H14BrN3O4S/c1-25-15-7-6-12(10-14(15)18)19-17(26)20-16(22)8-5-11-3-2-4-13(9-11)21(23)24/h2-10H,1H3,(H2,19,20,22,26)/b8-5+. The number of thiocarbonyl (C=S) groups is 1. The molecule has 2 aromatic rings. The molecule has 9 heteroatoms. The molecule has 0 unspecified atom stereocenters. The summed E-state index contributed by atoms with van der Waals surface area (Å²) in [5, 5.41) is 16.2. The van der Waals surface area contributed by atoms with Gasteiger partial charge in [0.1, 0.15) is 5.75 Å². The van der Waals surface area contributed by atoms with Gasteiger partial charge in [-0.3, -0.25) is 20.2 Å². The molecule has 0 aliphatic heterocycles. The predicted molar refractivity (Wildman–Crippen MR) is 107 cm³/mol. The van der Waals surface area contributed by atoms with Crippen molar-refractivity contribution in [1.82, 2.24) is 5.32 Å². The lowest BCUT2D eigenvalue weighted by Gasteiger charge is -2.10. The highest BCUT2D eigenvalue weighted by Gasteiger charge is 2.06. The number of amides is 1. The normalized spacial score (nSPS) is 10.4. The van der Waals surface area contributed by atoms with Crippen LogP contribution in [0.5, 0.6) is 5.75 Å². The maximum absolute atomic E-state index is 11.9. The molecule has 0 aliphatic rings. The molecule has 0 saturated heterocycles. The number of rotatable bonds is 5. The second-order valence-corrected chi connectivity index (χ2v) is 6.24. The molecule has 2 aromatic carbocycles.